The van der Waals surface area contributed by atoms with E-state index in [-0.39, 0.29) is 6.04 Å². The molecule has 1 aromatic carbocycles. The molecule has 1 N–H and O–H groups in total. The summed E-state index contributed by atoms with van der Waals surface area (Å²) in [4.78, 5) is 1.15. The fourth-order valence-corrected chi connectivity index (χ4v) is 3.46. The maximum absolute atomic E-state index is 6.35. The lowest BCUT2D eigenvalue weighted by Crippen LogP contribution is -2.23. The molecular weight excluding hydrogens is 302 g/mol. The molecule has 1 unspecified atom stereocenters. The quantitative estimate of drug-likeness (QED) is 0.713. The summed E-state index contributed by atoms with van der Waals surface area (Å²) in [6.45, 7) is 5.96. The average molecular weight is 324 g/mol. The van der Waals surface area contributed by atoms with Gasteiger partial charge in [0.05, 0.1) is 17.7 Å². The van der Waals surface area contributed by atoms with Crippen molar-refractivity contribution in [2.24, 2.45) is 0 Å². The number of thiophene rings is 1. The van der Waals surface area contributed by atoms with Crippen LogP contribution in [0.3, 0.4) is 0 Å². The summed E-state index contributed by atoms with van der Waals surface area (Å²) in [6.07, 6.45) is 2.08. The highest BCUT2D eigenvalue weighted by molar-refractivity contribution is 7.10. The van der Waals surface area contributed by atoms with E-state index in [1.807, 2.05) is 23.6 Å². The molecule has 0 fully saturated rings. The molecule has 0 aliphatic carbocycles. The van der Waals surface area contributed by atoms with Crippen LogP contribution in [0.2, 0.25) is 5.02 Å². The molecule has 114 valence electrons. The SMILES string of the molecule is CCCNC(c1ccccc1OCCC)c1sccc1Cl. The van der Waals surface area contributed by atoms with Crippen molar-refractivity contribution in [1.29, 1.82) is 0 Å². The van der Waals surface area contributed by atoms with Crippen LogP contribution in [-0.2, 0) is 0 Å². The van der Waals surface area contributed by atoms with Crippen LogP contribution in [0.1, 0.15) is 43.2 Å². The summed E-state index contributed by atoms with van der Waals surface area (Å²) in [5.74, 6) is 0.942. The monoisotopic (exact) mass is 323 g/mol. The third-order valence-electron chi connectivity index (χ3n) is 3.20. The topological polar surface area (TPSA) is 21.3 Å². The first-order valence-corrected chi connectivity index (χ1v) is 8.71. The van der Waals surface area contributed by atoms with Crippen LogP contribution in [0, 0.1) is 0 Å². The van der Waals surface area contributed by atoms with Crippen LogP contribution < -0.4 is 10.1 Å². The van der Waals surface area contributed by atoms with E-state index in [0.29, 0.717) is 0 Å². The van der Waals surface area contributed by atoms with Gasteiger partial charge >= 0.3 is 0 Å². The first-order chi connectivity index (χ1) is 10.3. The average Bonchev–Trinajstić information content (AvgIpc) is 2.93. The minimum absolute atomic E-state index is 0.0884. The van der Waals surface area contributed by atoms with Crippen molar-refractivity contribution >= 4 is 22.9 Å². The molecule has 0 aliphatic heterocycles. The van der Waals surface area contributed by atoms with Crippen molar-refractivity contribution in [1.82, 2.24) is 5.32 Å². The van der Waals surface area contributed by atoms with Crippen LogP contribution in [0.5, 0.6) is 5.75 Å². The molecule has 0 saturated heterocycles. The van der Waals surface area contributed by atoms with Crippen molar-refractivity contribution in [3.05, 3.63) is 51.2 Å². The Kier molecular flexibility index (Phi) is 6.55. The highest BCUT2D eigenvalue weighted by atomic mass is 35.5. The fourth-order valence-electron chi connectivity index (χ4n) is 2.21. The molecule has 0 aliphatic rings. The van der Waals surface area contributed by atoms with Gasteiger partial charge in [-0.1, -0.05) is 43.6 Å². The largest absolute Gasteiger partial charge is 0.493 e. The predicted octanol–water partition coefficient (Wildman–Crippen LogP) is 5.28. The third-order valence-corrected chi connectivity index (χ3v) is 4.62. The Morgan fingerprint density at radius 1 is 1.19 bits per heavy atom. The lowest BCUT2D eigenvalue weighted by Gasteiger charge is -2.21. The van der Waals surface area contributed by atoms with Gasteiger partial charge in [-0.05, 0) is 36.9 Å². The summed E-state index contributed by atoms with van der Waals surface area (Å²) in [5, 5.41) is 6.45. The molecule has 21 heavy (non-hydrogen) atoms. The van der Waals surface area contributed by atoms with Gasteiger partial charge in [-0.25, -0.2) is 0 Å². The van der Waals surface area contributed by atoms with E-state index >= 15 is 0 Å². The zero-order valence-electron chi connectivity index (χ0n) is 12.6. The molecule has 1 aromatic heterocycles. The Hall–Kier alpha value is -1.03. The standard InChI is InChI=1S/C17H22ClNOS/c1-3-10-19-16(17-14(18)9-12-21-17)13-7-5-6-8-15(13)20-11-4-2/h5-9,12,16,19H,3-4,10-11H2,1-2H3. The molecule has 0 bridgehead atoms. The molecule has 0 spiro atoms. The smallest absolute Gasteiger partial charge is 0.124 e. The zero-order valence-corrected chi connectivity index (χ0v) is 14.1. The molecule has 2 aromatic rings. The van der Waals surface area contributed by atoms with E-state index in [2.05, 4.69) is 31.3 Å². The van der Waals surface area contributed by atoms with E-state index in [4.69, 9.17) is 16.3 Å². The van der Waals surface area contributed by atoms with Crippen molar-refractivity contribution in [2.45, 2.75) is 32.7 Å². The molecule has 0 amide bonds. The number of ether oxygens (including phenoxy) is 1. The summed E-state index contributed by atoms with van der Waals surface area (Å²) in [7, 11) is 0. The first-order valence-electron chi connectivity index (χ1n) is 7.45. The number of hydrogen-bond acceptors (Lipinski definition) is 3. The van der Waals surface area contributed by atoms with E-state index in [9.17, 15) is 0 Å². The van der Waals surface area contributed by atoms with Crippen LogP contribution in [0.4, 0.5) is 0 Å². The summed E-state index contributed by atoms with van der Waals surface area (Å²) >= 11 is 8.04. The van der Waals surface area contributed by atoms with Gasteiger partial charge in [0.2, 0.25) is 0 Å². The van der Waals surface area contributed by atoms with Crippen LogP contribution in [0.25, 0.3) is 0 Å². The van der Waals surface area contributed by atoms with Gasteiger partial charge < -0.3 is 10.1 Å². The Labute approximate surface area is 136 Å². The van der Waals surface area contributed by atoms with E-state index in [1.165, 1.54) is 0 Å². The Morgan fingerprint density at radius 2 is 2.00 bits per heavy atom. The molecule has 1 atom stereocenters. The van der Waals surface area contributed by atoms with Gasteiger partial charge in [0.25, 0.3) is 0 Å². The fraction of sp³-hybridized carbons (Fsp3) is 0.412. The van der Waals surface area contributed by atoms with Crippen LogP contribution in [0.15, 0.2) is 35.7 Å². The minimum Gasteiger partial charge on any atom is -0.493 e. The lowest BCUT2D eigenvalue weighted by atomic mass is 10.0. The normalized spacial score (nSPS) is 12.3. The molecule has 2 rings (SSSR count). The third kappa shape index (κ3) is 4.22. The van der Waals surface area contributed by atoms with Crippen molar-refractivity contribution in [2.75, 3.05) is 13.2 Å². The van der Waals surface area contributed by atoms with Crippen molar-refractivity contribution < 1.29 is 4.74 Å². The summed E-state index contributed by atoms with van der Waals surface area (Å²) in [5.41, 5.74) is 1.16. The molecule has 4 heteroatoms. The Balaban J connectivity index is 2.34. The van der Waals surface area contributed by atoms with Crippen LogP contribution in [-0.4, -0.2) is 13.2 Å². The Bertz CT molecular complexity index is 555. The van der Waals surface area contributed by atoms with Crippen molar-refractivity contribution in [3.63, 3.8) is 0 Å². The van der Waals surface area contributed by atoms with Gasteiger partial charge in [-0.15, -0.1) is 11.3 Å². The maximum atomic E-state index is 6.35. The number of nitrogens with one attached hydrogen (secondary N) is 1. The van der Waals surface area contributed by atoms with Gasteiger partial charge in [0.1, 0.15) is 5.75 Å². The van der Waals surface area contributed by atoms with Gasteiger partial charge in [0.15, 0.2) is 0 Å². The van der Waals surface area contributed by atoms with E-state index in [0.717, 1.165) is 47.2 Å². The molecule has 1 heterocycles. The van der Waals surface area contributed by atoms with E-state index in [1.54, 1.807) is 11.3 Å². The van der Waals surface area contributed by atoms with Gasteiger partial charge in [-0.3, -0.25) is 0 Å². The minimum atomic E-state index is 0.0884. The first kappa shape index (κ1) is 16.3. The number of rotatable bonds is 8. The maximum Gasteiger partial charge on any atom is 0.124 e. The predicted molar refractivity (Wildman–Crippen MR) is 91.7 cm³/mol. The number of hydrogen-bond donors (Lipinski definition) is 1. The highest BCUT2D eigenvalue weighted by Crippen LogP contribution is 2.36. The van der Waals surface area contributed by atoms with Gasteiger partial charge in [0, 0.05) is 10.4 Å². The second-order valence-electron chi connectivity index (χ2n) is 4.91. The van der Waals surface area contributed by atoms with E-state index < -0.39 is 0 Å². The summed E-state index contributed by atoms with van der Waals surface area (Å²) < 4.78 is 5.91. The molecule has 0 radical (unpaired) electrons. The summed E-state index contributed by atoms with van der Waals surface area (Å²) in [6, 6.07) is 10.3. The number of halogens is 1. The second-order valence-corrected chi connectivity index (χ2v) is 6.26. The molecule has 2 nitrogen and oxygen atoms in total. The Morgan fingerprint density at radius 3 is 2.67 bits per heavy atom. The lowest BCUT2D eigenvalue weighted by molar-refractivity contribution is 0.312. The number of para-hydroxylation sites is 1. The van der Waals surface area contributed by atoms with Crippen LogP contribution >= 0.6 is 22.9 Å². The van der Waals surface area contributed by atoms with Gasteiger partial charge in [-0.2, -0.15) is 0 Å². The highest BCUT2D eigenvalue weighted by Gasteiger charge is 2.21. The second kappa shape index (κ2) is 8.42. The zero-order chi connectivity index (χ0) is 15.1. The molecule has 0 saturated carbocycles. The van der Waals surface area contributed by atoms with Crippen molar-refractivity contribution in [3.8, 4) is 5.75 Å². The molecular formula is C17H22ClNOS. The number of benzene rings is 1.